The van der Waals surface area contributed by atoms with Crippen molar-refractivity contribution in [3.63, 3.8) is 0 Å². The van der Waals surface area contributed by atoms with Crippen molar-refractivity contribution in [2.24, 2.45) is 7.05 Å². The summed E-state index contributed by atoms with van der Waals surface area (Å²) in [5, 5.41) is 8.34. The van der Waals surface area contributed by atoms with Crippen LogP contribution in [0.5, 0.6) is 0 Å². The van der Waals surface area contributed by atoms with E-state index in [4.69, 9.17) is 5.73 Å². The number of nitrogens with zero attached hydrogens (tertiary/aromatic N) is 3. The lowest BCUT2D eigenvalue weighted by Crippen LogP contribution is -1.97. The third-order valence-corrected chi connectivity index (χ3v) is 4.09. The highest BCUT2D eigenvalue weighted by Crippen LogP contribution is 2.40. The van der Waals surface area contributed by atoms with Gasteiger partial charge in [-0.3, -0.25) is 0 Å². The van der Waals surface area contributed by atoms with Crippen molar-refractivity contribution in [3.8, 4) is 22.3 Å². The van der Waals surface area contributed by atoms with Gasteiger partial charge in [-0.25, -0.2) is 4.68 Å². The van der Waals surface area contributed by atoms with E-state index >= 15 is 0 Å². The standard InChI is InChI=1S/C19H16N4/c1-23-16-12-15(13-8-4-2-5-9-13)17(14-10-6-3-7-11-14)18(20)19(16)21-22-23/h2-12H,20H2,1H3. The molecule has 0 aliphatic carbocycles. The van der Waals surface area contributed by atoms with Gasteiger partial charge in [0.15, 0.2) is 0 Å². The van der Waals surface area contributed by atoms with E-state index in [0.717, 1.165) is 33.3 Å². The molecule has 1 heterocycles. The van der Waals surface area contributed by atoms with Gasteiger partial charge < -0.3 is 5.73 Å². The summed E-state index contributed by atoms with van der Waals surface area (Å²) in [5.41, 5.74) is 13.1. The van der Waals surface area contributed by atoms with Crippen molar-refractivity contribution >= 4 is 16.7 Å². The highest BCUT2D eigenvalue weighted by molar-refractivity contribution is 6.04. The molecule has 0 bridgehead atoms. The maximum atomic E-state index is 6.49. The van der Waals surface area contributed by atoms with E-state index in [-0.39, 0.29) is 0 Å². The topological polar surface area (TPSA) is 56.7 Å². The number of rotatable bonds is 2. The number of benzene rings is 3. The van der Waals surface area contributed by atoms with Crippen molar-refractivity contribution in [1.82, 2.24) is 15.0 Å². The van der Waals surface area contributed by atoms with E-state index in [2.05, 4.69) is 40.6 Å². The molecule has 0 aliphatic heterocycles. The largest absolute Gasteiger partial charge is 0.396 e. The van der Waals surface area contributed by atoms with Gasteiger partial charge in [0.25, 0.3) is 0 Å². The van der Waals surface area contributed by atoms with E-state index in [9.17, 15) is 0 Å². The maximum absolute atomic E-state index is 6.49. The van der Waals surface area contributed by atoms with Crippen LogP contribution in [-0.2, 0) is 7.05 Å². The van der Waals surface area contributed by atoms with E-state index < -0.39 is 0 Å². The Labute approximate surface area is 134 Å². The SMILES string of the molecule is Cn1nnc2c(N)c(-c3ccccc3)c(-c3ccccc3)cc21. The van der Waals surface area contributed by atoms with Crippen LogP contribution in [0.2, 0.25) is 0 Å². The van der Waals surface area contributed by atoms with Crippen molar-refractivity contribution in [3.05, 3.63) is 66.7 Å². The Kier molecular flexibility index (Phi) is 3.08. The molecule has 0 atom stereocenters. The minimum absolute atomic E-state index is 0.667. The molecule has 0 saturated carbocycles. The Morgan fingerprint density at radius 3 is 2.13 bits per heavy atom. The zero-order valence-corrected chi connectivity index (χ0v) is 12.8. The molecule has 4 heteroatoms. The van der Waals surface area contributed by atoms with E-state index in [1.807, 2.05) is 43.4 Å². The lowest BCUT2D eigenvalue weighted by atomic mass is 9.92. The fraction of sp³-hybridized carbons (Fsp3) is 0.0526. The van der Waals surface area contributed by atoms with Crippen LogP contribution in [0.1, 0.15) is 0 Å². The molecule has 0 unspecified atom stereocenters. The van der Waals surface area contributed by atoms with Gasteiger partial charge in [-0.2, -0.15) is 0 Å². The summed E-state index contributed by atoms with van der Waals surface area (Å²) < 4.78 is 1.76. The van der Waals surface area contributed by atoms with Crippen molar-refractivity contribution < 1.29 is 0 Å². The second-order valence-corrected chi connectivity index (χ2v) is 5.53. The molecule has 0 spiro atoms. The first-order chi connectivity index (χ1) is 11.3. The molecule has 4 aromatic rings. The van der Waals surface area contributed by atoms with E-state index in [1.165, 1.54) is 0 Å². The molecule has 4 nitrogen and oxygen atoms in total. The van der Waals surface area contributed by atoms with Crippen molar-refractivity contribution in [2.75, 3.05) is 5.73 Å². The van der Waals surface area contributed by atoms with Crippen LogP contribution in [0.15, 0.2) is 66.7 Å². The summed E-state index contributed by atoms with van der Waals surface area (Å²) in [6.07, 6.45) is 0. The van der Waals surface area contributed by atoms with Gasteiger partial charge in [0, 0.05) is 12.6 Å². The Morgan fingerprint density at radius 1 is 0.870 bits per heavy atom. The fourth-order valence-electron chi connectivity index (χ4n) is 2.95. The third-order valence-electron chi connectivity index (χ3n) is 4.09. The summed E-state index contributed by atoms with van der Waals surface area (Å²) in [6, 6.07) is 22.6. The monoisotopic (exact) mass is 300 g/mol. The first-order valence-electron chi connectivity index (χ1n) is 7.48. The van der Waals surface area contributed by atoms with Crippen LogP contribution in [0.3, 0.4) is 0 Å². The second-order valence-electron chi connectivity index (χ2n) is 5.53. The van der Waals surface area contributed by atoms with E-state index in [1.54, 1.807) is 4.68 Å². The van der Waals surface area contributed by atoms with Gasteiger partial charge in [0.1, 0.15) is 5.52 Å². The predicted molar refractivity (Wildman–Crippen MR) is 93.8 cm³/mol. The molecule has 1 aromatic heterocycles. The van der Waals surface area contributed by atoms with Crippen LogP contribution >= 0.6 is 0 Å². The zero-order chi connectivity index (χ0) is 15.8. The Bertz CT molecular complexity index is 973. The number of hydrogen-bond acceptors (Lipinski definition) is 3. The molecular formula is C19H16N4. The highest BCUT2D eigenvalue weighted by atomic mass is 15.4. The summed E-state index contributed by atoms with van der Waals surface area (Å²) in [5.74, 6) is 0. The molecule has 0 saturated heterocycles. The fourth-order valence-corrected chi connectivity index (χ4v) is 2.95. The smallest absolute Gasteiger partial charge is 0.136 e. The van der Waals surface area contributed by atoms with Crippen molar-refractivity contribution in [1.29, 1.82) is 0 Å². The van der Waals surface area contributed by atoms with Crippen LogP contribution in [-0.4, -0.2) is 15.0 Å². The van der Waals surface area contributed by atoms with Gasteiger partial charge in [-0.1, -0.05) is 65.9 Å². The number of hydrogen-bond donors (Lipinski definition) is 1. The summed E-state index contributed by atoms with van der Waals surface area (Å²) in [4.78, 5) is 0. The average molecular weight is 300 g/mol. The number of nitrogen functional groups attached to an aromatic ring is 1. The quantitative estimate of drug-likeness (QED) is 0.571. The maximum Gasteiger partial charge on any atom is 0.136 e. The van der Waals surface area contributed by atoms with Crippen LogP contribution in [0, 0.1) is 0 Å². The van der Waals surface area contributed by atoms with Gasteiger partial charge in [0.2, 0.25) is 0 Å². The molecular weight excluding hydrogens is 284 g/mol. The molecule has 2 N–H and O–H groups in total. The van der Waals surface area contributed by atoms with Gasteiger partial charge in [-0.15, -0.1) is 5.10 Å². The minimum Gasteiger partial charge on any atom is -0.396 e. The Hall–Kier alpha value is -3.14. The zero-order valence-electron chi connectivity index (χ0n) is 12.8. The third kappa shape index (κ3) is 2.16. The normalized spacial score (nSPS) is 11.0. The molecule has 0 fully saturated rings. The van der Waals surface area contributed by atoms with Crippen LogP contribution < -0.4 is 5.73 Å². The molecule has 0 aliphatic rings. The Balaban J connectivity index is 2.12. The number of aromatic nitrogens is 3. The van der Waals surface area contributed by atoms with Crippen LogP contribution in [0.4, 0.5) is 5.69 Å². The van der Waals surface area contributed by atoms with Gasteiger partial charge in [0.05, 0.1) is 11.2 Å². The number of anilines is 1. The number of aryl methyl sites for hydroxylation is 1. The van der Waals surface area contributed by atoms with Crippen molar-refractivity contribution in [2.45, 2.75) is 0 Å². The highest BCUT2D eigenvalue weighted by Gasteiger charge is 2.17. The lowest BCUT2D eigenvalue weighted by molar-refractivity contribution is 0.736. The molecule has 23 heavy (non-hydrogen) atoms. The minimum atomic E-state index is 0.667. The predicted octanol–water partition coefficient (Wildman–Crippen LogP) is 3.88. The summed E-state index contributed by atoms with van der Waals surface area (Å²) in [6.45, 7) is 0. The van der Waals surface area contributed by atoms with Crippen LogP contribution in [0.25, 0.3) is 33.3 Å². The summed E-state index contributed by atoms with van der Waals surface area (Å²) in [7, 11) is 1.88. The first kappa shape index (κ1) is 13.5. The summed E-state index contributed by atoms with van der Waals surface area (Å²) >= 11 is 0. The van der Waals surface area contributed by atoms with E-state index in [0.29, 0.717) is 5.69 Å². The molecule has 3 aromatic carbocycles. The molecule has 4 rings (SSSR count). The molecule has 0 amide bonds. The average Bonchev–Trinajstić information content (AvgIpc) is 2.98. The number of nitrogens with two attached hydrogens (primary N) is 1. The molecule has 0 radical (unpaired) electrons. The lowest BCUT2D eigenvalue weighted by Gasteiger charge is -2.14. The number of fused-ring (bicyclic) bond motifs is 1. The second kappa shape index (κ2) is 5.25. The van der Waals surface area contributed by atoms with Gasteiger partial charge >= 0.3 is 0 Å². The molecule has 112 valence electrons. The van der Waals surface area contributed by atoms with Gasteiger partial charge in [-0.05, 0) is 22.8 Å². The Morgan fingerprint density at radius 2 is 1.48 bits per heavy atom. The first-order valence-corrected chi connectivity index (χ1v) is 7.48.